The lowest BCUT2D eigenvalue weighted by atomic mass is 10.1. The van der Waals surface area contributed by atoms with Crippen LogP contribution in [0.2, 0.25) is 0 Å². The number of nitrogens with one attached hydrogen (secondary N) is 1. The SMILES string of the molecule is CC(Sc1nnc(CN2CCCCC2)n1-c1ccc(F)cc1)C(=O)NC(N)=O. The van der Waals surface area contributed by atoms with Crippen molar-refractivity contribution in [3.63, 3.8) is 0 Å². The van der Waals surface area contributed by atoms with Crippen molar-refractivity contribution in [1.29, 1.82) is 0 Å². The first-order chi connectivity index (χ1) is 13.4. The lowest BCUT2D eigenvalue weighted by Crippen LogP contribution is -2.39. The Bertz CT molecular complexity index is 835. The predicted octanol–water partition coefficient (Wildman–Crippen LogP) is 2.07. The molecule has 8 nitrogen and oxygen atoms in total. The number of nitrogens with zero attached hydrogens (tertiary/aromatic N) is 4. The van der Waals surface area contributed by atoms with Gasteiger partial charge in [0.2, 0.25) is 5.91 Å². The molecule has 3 N–H and O–H groups in total. The average Bonchev–Trinajstić information content (AvgIpc) is 3.04. The van der Waals surface area contributed by atoms with E-state index in [2.05, 4.69) is 20.4 Å². The second-order valence-corrected chi connectivity index (χ2v) is 7.97. The van der Waals surface area contributed by atoms with Crippen molar-refractivity contribution in [2.45, 2.75) is 43.1 Å². The van der Waals surface area contributed by atoms with Crippen LogP contribution < -0.4 is 11.1 Å². The number of aromatic nitrogens is 3. The normalized spacial score (nSPS) is 15.9. The van der Waals surface area contributed by atoms with Crippen LogP contribution >= 0.6 is 11.8 Å². The van der Waals surface area contributed by atoms with Gasteiger partial charge in [0.25, 0.3) is 0 Å². The van der Waals surface area contributed by atoms with Gasteiger partial charge < -0.3 is 5.73 Å². The molecule has 1 atom stereocenters. The number of halogens is 1. The average molecular weight is 406 g/mol. The van der Waals surface area contributed by atoms with Gasteiger partial charge in [0.05, 0.1) is 11.8 Å². The Balaban J connectivity index is 1.87. The van der Waals surface area contributed by atoms with Crippen molar-refractivity contribution in [3.05, 3.63) is 35.9 Å². The number of amides is 3. The minimum absolute atomic E-state index is 0.335. The molecule has 1 aromatic heterocycles. The summed E-state index contributed by atoms with van der Waals surface area (Å²) in [6.45, 7) is 4.26. The van der Waals surface area contributed by atoms with E-state index in [1.165, 1.54) is 18.6 Å². The van der Waals surface area contributed by atoms with Crippen molar-refractivity contribution >= 4 is 23.7 Å². The maximum atomic E-state index is 13.4. The number of hydrogen-bond donors (Lipinski definition) is 2. The molecule has 1 aliphatic rings. The van der Waals surface area contributed by atoms with Gasteiger partial charge in [-0.05, 0) is 57.1 Å². The van der Waals surface area contributed by atoms with E-state index < -0.39 is 17.2 Å². The molecule has 0 bridgehead atoms. The molecule has 1 fully saturated rings. The molecule has 3 rings (SSSR count). The third-order valence-corrected chi connectivity index (χ3v) is 5.54. The van der Waals surface area contributed by atoms with Crippen LogP contribution in [0.4, 0.5) is 9.18 Å². The van der Waals surface area contributed by atoms with Crippen LogP contribution in [-0.2, 0) is 11.3 Å². The molecule has 2 heterocycles. The summed E-state index contributed by atoms with van der Waals surface area (Å²) in [6.07, 6.45) is 3.53. The van der Waals surface area contributed by atoms with E-state index in [9.17, 15) is 14.0 Å². The molecule has 1 aliphatic heterocycles. The summed E-state index contributed by atoms with van der Waals surface area (Å²) < 4.78 is 15.2. The summed E-state index contributed by atoms with van der Waals surface area (Å²) >= 11 is 1.16. The van der Waals surface area contributed by atoms with Gasteiger partial charge in [-0.1, -0.05) is 18.2 Å². The van der Waals surface area contributed by atoms with E-state index in [-0.39, 0.29) is 5.82 Å². The number of benzene rings is 1. The van der Waals surface area contributed by atoms with Crippen LogP contribution in [-0.4, -0.2) is 49.9 Å². The Morgan fingerprint density at radius 2 is 1.89 bits per heavy atom. The number of urea groups is 1. The van der Waals surface area contributed by atoms with Crippen molar-refractivity contribution in [2.75, 3.05) is 13.1 Å². The molecular formula is C18H23FN6O2S. The summed E-state index contributed by atoms with van der Waals surface area (Å²) in [5, 5.41) is 10.5. The van der Waals surface area contributed by atoms with Crippen molar-refractivity contribution in [3.8, 4) is 5.69 Å². The molecule has 0 aliphatic carbocycles. The molecule has 0 saturated carbocycles. The monoisotopic (exact) mass is 406 g/mol. The lowest BCUT2D eigenvalue weighted by molar-refractivity contribution is -0.119. The number of primary amides is 1. The smallest absolute Gasteiger partial charge is 0.318 e. The van der Waals surface area contributed by atoms with Crippen molar-refractivity contribution in [1.82, 2.24) is 25.0 Å². The Morgan fingerprint density at radius 1 is 1.21 bits per heavy atom. The van der Waals surface area contributed by atoms with Gasteiger partial charge in [-0.3, -0.25) is 19.6 Å². The first-order valence-electron chi connectivity index (χ1n) is 9.13. The van der Waals surface area contributed by atoms with E-state index >= 15 is 0 Å². The van der Waals surface area contributed by atoms with Gasteiger partial charge in [0, 0.05) is 5.69 Å². The molecule has 0 radical (unpaired) electrons. The van der Waals surface area contributed by atoms with E-state index in [1.54, 1.807) is 19.1 Å². The van der Waals surface area contributed by atoms with E-state index in [0.29, 0.717) is 17.4 Å². The second-order valence-electron chi connectivity index (χ2n) is 6.66. The quantitative estimate of drug-likeness (QED) is 0.712. The summed E-state index contributed by atoms with van der Waals surface area (Å²) in [5.41, 5.74) is 5.73. The minimum Gasteiger partial charge on any atom is -0.351 e. The van der Waals surface area contributed by atoms with Crippen LogP contribution in [0.15, 0.2) is 29.4 Å². The molecule has 28 heavy (non-hydrogen) atoms. The first-order valence-corrected chi connectivity index (χ1v) is 10.0. The fourth-order valence-electron chi connectivity index (χ4n) is 3.08. The van der Waals surface area contributed by atoms with Gasteiger partial charge in [0.15, 0.2) is 11.0 Å². The molecule has 1 aromatic carbocycles. The topological polar surface area (TPSA) is 106 Å². The van der Waals surface area contributed by atoms with E-state index in [1.807, 2.05) is 4.57 Å². The highest BCUT2D eigenvalue weighted by atomic mass is 32.2. The van der Waals surface area contributed by atoms with Gasteiger partial charge in [-0.2, -0.15) is 0 Å². The zero-order chi connectivity index (χ0) is 20.1. The van der Waals surface area contributed by atoms with Crippen LogP contribution in [0.5, 0.6) is 0 Å². The molecular weight excluding hydrogens is 383 g/mol. The summed E-state index contributed by atoms with van der Waals surface area (Å²) in [7, 11) is 0. The van der Waals surface area contributed by atoms with Crippen LogP contribution in [0.3, 0.4) is 0 Å². The Morgan fingerprint density at radius 3 is 2.54 bits per heavy atom. The van der Waals surface area contributed by atoms with Gasteiger partial charge in [-0.15, -0.1) is 10.2 Å². The summed E-state index contributed by atoms with van der Waals surface area (Å²) in [5.74, 6) is -0.125. The number of hydrogen-bond acceptors (Lipinski definition) is 6. The number of piperidine rings is 1. The Hall–Kier alpha value is -2.46. The molecule has 3 amide bonds. The second kappa shape index (κ2) is 9.16. The fourth-order valence-corrected chi connectivity index (χ4v) is 3.97. The third-order valence-electron chi connectivity index (χ3n) is 4.50. The molecule has 0 spiro atoms. The molecule has 1 unspecified atom stereocenters. The number of likely N-dealkylation sites (tertiary alicyclic amines) is 1. The Kier molecular flexibility index (Phi) is 6.63. The van der Waals surface area contributed by atoms with Crippen LogP contribution in [0.25, 0.3) is 5.69 Å². The predicted molar refractivity (Wildman–Crippen MR) is 103 cm³/mol. The van der Waals surface area contributed by atoms with Crippen LogP contribution in [0.1, 0.15) is 32.0 Å². The number of thioether (sulfide) groups is 1. The Labute approximate surface area is 166 Å². The molecule has 1 saturated heterocycles. The third kappa shape index (κ3) is 5.08. The number of carbonyl (C=O) groups excluding carboxylic acids is 2. The number of nitrogens with two attached hydrogens (primary N) is 1. The van der Waals surface area contributed by atoms with E-state index in [0.717, 1.165) is 43.5 Å². The molecule has 10 heteroatoms. The fraction of sp³-hybridized carbons (Fsp3) is 0.444. The maximum absolute atomic E-state index is 13.4. The summed E-state index contributed by atoms with van der Waals surface area (Å²) in [4.78, 5) is 25.3. The van der Waals surface area contributed by atoms with Gasteiger partial charge in [-0.25, -0.2) is 9.18 Å². The number of imide groups is 1. The maximum Gasteiger partial charge on any atom is 0.318 e. The first kappa shape index (κ1) is 20.3. The summed E-state index contributed by atoms with van der Waals surface area (Å²) in [6, 6.07) is 5.14. The highest BCUT2D eigenvalue weighted by molar-refractivity contribution is 8.00. The standard InChI is InChI=1S/C18H23FN6O2S/c1-12(16(26)21-17(20)27)28-18-23-22-15(11-24-9-3-2-4-10-24)25(18)14-7-5-13(19)6-8-14/h5-8,12H,2-4,9-11H2,1H3,(H3,20,21,26,27). The molecule has 150 valence electrons. The highest BCUT2D eigenvalue weighted by Crippen LogP contribution is 2.27. The zero-order valence-electron chi connectivity index (χ0n) is 15.6. The lowest BCUT2D eigenvalue weighted by Gasteiger charge is -2.26. The van der Waals surface area contributed by atoms with Gasteiger partial charge >= 0.3 is 6.03 Å². The molecule has 2 aromatic rings. The van der Waals surface area contributed by atoms with Crippen LogP contribution in [0, 0.1) is 5.82 Å². The highest BCUT2D eigenvalue weighted by Gasteiger charge is 2.23. The zero-order valence-corrected chi connectivity index (χ0v) is 16.4. The van der Waals surface area contributed by atoms with Crippen molar-refractivity contribution in [2.24, 2.45) is 5.73 Å². The van der Waals surface area contributed by atoms with Gasteiger partial charge in [0.1, 0.15) is 5.82 Å². The van der Waals surface area contributed by atoms with E-state index in [4.69, 9.17) is 5.73 Å². The number of rotatable bonds is 6. The largest absolute Gasteiger partial charge is 0.351 e. The minimum atomic E-state index is -0.900. The van der Waals surface area contributed by atoms with Crippen molar-refractivity contribution < 1.29 is 14.0 Å². The number of carbonyl (C=O) groups is 2.